The third-order valence-electron chi connectivity index (χ3n) is 3.42. The fourth-order valence-corrected chi connectivity index (χ4v) is 4.50. The van der Waals surface area contributed by atoms with Crippen molar-refractivity contribution in [1.29, 1.82) is 0 Å². The normalized spacial score (nSPS) is 20.4. The second-order valence-electron chi connectivity index (χ2n) is 4.70. The zero-order chi connectivity index (χ0) is 15.6. The number of benzene rings is 1. The highest BCUT2D eigenvalue weighted by molar-refractivity contribution is 14.1. The molecule has 116 valence electrons. The van der Waals surface area contributed by atoms with Crippen molar-refractivity contribution < 1.29 is 23.1 Å². The number of aromatic carboxylic acids is 1. The lowest BCUT2D eigenvalue weighted by Crippen LogP contribution is -2.48. The molecule has 0 radical (unpaired) electrons. The van der Waals surface area contributed by atoms with E-state index < -0.39 is 16.0 Å². The Bertz CT molecular complexity index is 646. The molecule has 0 saturated carbocycles. The summed E-state index contributed by atoms with van der Waals surface area (Å²) in [6, 6.07) is 3.97. The van der Waals surface area contributed by atoms with Gasteiger partial charge in [-0.1, -0.05) is 6.92 Å². The fraction of sp³-hybridized carbons (Fsp3) is 0.462. The number of ether oxygens (including phenoxy) is 1. The molecule has 0 spiro atoms. The van der Waals surface area contributed by atoms with E-state index in [-0.39, 0.29) is 23.0 Å². The monoisotopic (exact) mass is 425 g/mol. The molecule has 1 unspecified atom stereocenters. The number of carbonyl (C=O) groups is 1. The first-order valence-corrected chi connectivity index (χ1v) is 9.02. The molecular formula is C13H16INO5S. The van der Waals surface area contributed by atoms with E-state index in [1.54, 1.807) is 0 Å². The van der Waals surface area contributed by atoms with Crippen LogP contribution in [0.5, 0.6) is 0 Å². The van der Waals surface area contributed by atoms with Gasteiger partial charge in [0.2, 0.25) is 10.0 Å². The summed E-state index contributed by atoms with van der Waals surface area (Å²) in [5.74, 6) is -1.13. The van der Waals surface area contributed by atoms with Crippen molar-refractivity contribution in [1.82, 2.24) is 4.31 Å². The van der Waals surface area contributed by atoms with E-state index in [1.807, 2.05) is 29.5 Å². The van der Waals surface area contributed by atoms with Gasteiger partial charge in [0.05, 0.1) is 23.7 Å². The van der Waals surface area contributed by atoms with Crippen molar-refractivity contribution in [3.05, 3.63) is 27.3 Å². The average Bonchev–Trinajstić information content (AvgIpc) is 2.47. The summed E-state index contributed by atoms with van der Waals surface area (Å²) >= 11 is 1.88. The van der Waals surface area contributed by atoms with Crippen LogP contribution in [0.3, 0.4) is 0 Å². The summed E-state index contributed by atoms with van der Waals surface area (Å²) < 4.78 is 32.7. The molecule has 1 N–H and O–H groups in total. The van der Waals surface area contributed by atoms with Gasteiger partial charge in [0.1, 0.15) is 0 Å². The van der Waals surface area contributed by atoms with Crippen LogP contribution in [0.2, 0.25) is 0 Å². The van der Waals surface area contributed by atoms with Gasteiger partial charge in [-0.25, -0.2) is 13.2 Å². The highest BCUT2D eigenvalue weighted by Crippen LogP contribution is 2.24. The first-order chi connectivity index (χ1) is 9.87. The number of halogens is 1. The van der Waals surface area contributed by atoms with E-state index in [4.69, 9.17) is 9.84 Å². The van der Waals surface area contributed by atoms with Gasteiger partial charge in [-0.05, 0) is 47.2 Å². The summed E-state index contributed by atoms with van der Waals surface area (Å²) in [5, 5.41) is 9.13. The number of morpholine rings is 1. The predicted octanol–water partition coefficient (Wildman–Crippen LogP) is 1.79. The number of nitrogens with zero attached hydrogens (tertiary/aromatic N) is 1. The van der Waals surface area contributed by atoms with Gasteiger partial charge >= 0.3 is 5.97 Å². The fourth-order valence-electron chi connectivity index (χ4n) is 2.24. The summed E-state index contributed by atoms with van der Waals surface area (Å²) in [5.41, 5.74) is -0.00187. The Balaban J connectivity index is 2.43. The van der Waals surface area contributed by atoms with E-state index >= 15 is 0 Å². The van der Waals surface area contributed by atoms with Crippen molar-refractivity contribution in [2.45, 2.75) is 24.3 Å². The molecule has 1 fully saturated rings. The second kappa shape index (κ2) is 6.59. The average molecular weight is 425 g/mol. The van der Waals surface area contributed by atoms with Crippen LogP contribution in [0.1, 0.15) is 23.7 Å². The van der Waals surface area contributed by atoms with Crippen LogP contribution < -0.4 is 0 Å². The Morgan fingerprint density at radius 3 is 2.86 bits per heavy atom. The van der Waals surface area contributed by atoms with Crippen molar-refractivity contribution in [3.8, 4) is 0 Å². The molecule has 6 nitrogen and oxygen atoms in total. The van der Waals surface area contributed by atoms with Crippen LogP contribution in [-0.2, 0) is 14.8 Å². The van der Waals surface area contributed by atoms with Crippen molar-refractivity contribution in [3.63, 3.8) is 0 Å². The van der Waals surface area contributed by atoms with Crippen LogP contribution >= 0.6 is 22.6 Å². The van der Waals surface area contributed by atoms with E-state index in [1.165, 1.54) is 22.5 Å². The van der Waals surface area contributed by atoms with Gasteiger partial charge in [0, 0.05) is 16.2 Å². The largest absolute Gasteiger partial charge is 0.478 e. The predicted molar refractivity (Wildman–Crippen MR) is 84.9 cm³/mol. The number of carboxylic acids is 1. The standard InChI is InChI=1S/C13H16INO5S/c1-2-9-8-20-6-5-15(9)21(18,19)10-3-4-12(14)11(7-10)13(16)17/h3-4,7,9H,2,5-6,8H2,1H3,(H,16,17). The summed E-state index contributed by atoms with van der Waals surface area (Å²) in [6.07, 6.45) is 0.648. The molecule has 1 aromatic carbocycles. The molecule has 1 aromatic rings. The number of carboxylic acid groups (broad SMARTS) is 1. The Morgan fingerprint density at radius 2 is 2.24 bits per heavy atom. The molecule has 1 saturated heterocycles. The summed E-state index contributed by atoms with van der Waals surface area (Å²) in [6.45, 7) is 2.91. The van der Waals surface area contributed by atoms with Gasteiger partial charge in [0.15, 0.2) is 0 Å². The molecule has 0 bridgehead atoms. The lowest BCUT2D eigenvalue weighted by molar-refractivity contribution is 0.0314. The zero-order valence-corrected chi connectivity index (χ0v) is 14.4. The lowest BCUT2D eigenvalue weighted by atomic mass is 10.2. The van der Waals surface area contributed by atoms with Crippen molar-refractivity contribution in [2.75, 3.05) is 19.8 Å². The summed E-state index contributed by atoms with van der Waals surface area (Å²) in [7, 11) is -3.71. The van der Waals surface area contributed by atoms with E-state index in [0.29, 0.717) is 23.2 Å². The molecule has 0 aromatic heterocycles. The molecule has 2 rings (SSSR count). The van der Waals surface area contributed by atoms with Crippen LogP contribution in [0, 0.1) is 3.57 Å². The SMILES string of the molecule is CCC1COCCN1S(=O)(=O)c1ccc(I)c(C(=O)O)c1. The van der Waals surface area contributed by atoms with E-state index in [2.05, 4.69) is 0 Å². The molecule has 8 heteroatoms. The number of sulfonamides is 1. The molecule has 1 heterocycles. The Kier molecular flexibility index (Phi) is 5.23. The molecule has 1 aliphatic heterocycles. The minimum atomic E-state index is -3.71. The molecule has 1 aliphatic rings. The first-order valence-electron chi connectivity index (χ1n) is 6.50. The van der Waals surface area contributed by atoms with E-state index in [0.717, 1.165) is 0 Å². The quantitative estimate of drug-likeness (QED) is 0.744. The topological polar surface area (TPSA) is 83.9 Å². The summed E-state index contributed by atoms with van der Waals surface area (Å²) in [4.78, 5) is 11.2. The maximum atomic E-state index is 12.7. The first kappa shape index (κ1) is 16.7. The molecular weight excluding hydrogens is 409 g/mol. The van der Waals surface area contributed by atoms with E-state index in [9.17, 15) is 13.2 Å². The Morgan fingerprint density at radius 1 is 1.52 bits per heavy atom. The smallest absolute Gasteiger partial charge is 0.336 e. The van der Waals surface area contributed by atoms with Crippen molar-refractivity contribution >= 4 is 38.6 Å². The maximum absolute atomic E-state index is 12.7. The Labute approximate surface area is 137 Å². The minimum Gasteiger partial charge on any atom is -0.478 e. The number of rotatable bonds is 4. The third kappa shape index (κ3) is 3.38. The highest BCUT2D eigenvalue weighted by Gasteiger charge is 2.33. The van der Waals surface area contributed by atoms with Gasteiger partial charge in [-0.2, -0.15) is 4.31 Å². The Hall–Kier alpha value is -0.710. The molecule has 21 heavy (non-hydrogen) atoms. The lowest BCUT2D eigenvalue weighted by Gasteiger charge is -2.34. The van der Waals surface area contributed by atoms with Crippen LogP contribution in [0.4, 0.5) is 0 Å². The maximum Gasteiger partial charge on any atom is 0.336 e. The molecule has 0 amide bonds. The highest BCUT2D eigenvalue weighted by atomic mass is 127. The van der Waals surface area contributed by atoms with Gasteiger partial charge in [0.25, 0.3) is 0 Å². The molecule has 1 atom stereocenters. The van der Waals surface area contributed by atoms with Crippen molar-refractivity contribution in [2.24, 2.45) is 0 Å². The minimum absolute atomic E-state index is 0.00187. The zero-order valence-electron chi connectivity index (χ0n) is 11.5. The third-order valence-corrected chi connectivity index (χ3v) is 6.31. The van der Waals surface area contributed by atoms with Crippen LogP contribution in [0.15, 0.2) is 23.1 Å². The second-order valence-corrected chi connectivity index (χ2v) is 7.75. The van der Waals surface area contributed by atoms with Gasteiger partial charge in [-0.15, -0.1) is 0 Å². The molecule has 0 aliphatic carbocycles. The van der Waals surface area contributed by atoms with Crippen LogP contribution in [0.25, 0.3) is 0 Å². The van der Waals surface area contributed by atoms with Crippen LogP contribution in [-0.4, -0.2) is 49.6 Å². The van der Waals surface area contributed by atoms with Gasteiger partial charge < -0.3 is 9.84 Å². The number of hydrogen-bond acceptors (Lipinski definition) is 4. The van der Waals surface area contributed by atoms with Gasteiger partial charge in [-0.3, -0.25) is 0 Å². The number of hydrogen-bond donors (Lipinski definition) is 1.